The lowest BCUT2D eigenvalue weighted by molar-refractivity contribution is 0.281. The molecule has 102 valence electrons. The molecule has 3 rings (SSSR count). The van der Waals surface area contributed by atoms with Crippen molar-refractivity contribution < 1.29 is 9.13 Å². The number of fused-ring (bicyclic) bond motifs is 1. The summed E-state index contributed by atoms with van der Waals surface area (Å²) in [6.45, 7) is 0.0187. The molecule has 2 aromatic heterocycles. The van der Waals surface area contributed by atoms with E-state index in [1.165, 1.54) is 23.5 Å². The van der Waals surface area contributed by atoms with Crippen LogP contribution in [0.2, 0.25) is 10.2 Å². The Labute approximate surface area is 128 Å². The lowest BCUT2D eigenvalue weighted by Gasteiger charge is -2.07. The Hall–Kier alpha value is -1.43. The van der Waals surface area contributed by atoms with Crippen LogP contribution >= 0.6 is 34.5 Å². The van der Waals surface area contributed by atoms with Crippen LogP contribution in [0.4, 0.5) is 4.39 Å². The fourth-order valence-corrected chi connectivity index (χ4v) is 2.92. The number of halogens is 3. The molecule has 0 saturated heterocycles. The van der Waals surface area contributed by atoms with Crippen molar-refractivity contribution in [2.24, 2.45) is 0 Å². The monoisotopic (exact) mass is 328 g/mol. The third kappa shape index (κ3) is 2.57. The molecular formula is C13H7Cl2FN2OS. The second-order valence-corrected chi connectivity index (χ2v) is 5.57. The second kappa shape index (κ2) is 5.52. The maximum atomic E-state index is 13.7. The molecule has 3 aromatic rings. The summed E-state index contributed by atoms with van der Waals surface area (Å²) >= 11 is 13.2. The van der Waals surface area contributed by atoms with Gasteiger partial charge in [0, 0.05) is 5.39 Å². The Balaban J connectivity index is 1.84. The van der Waals surface area contributed by atoms with Crippen molar-refractivity contribution in [3.05, 3.63) is 51.5 Å². The lowest BCUT2D eigenvalue weighted by Crippen LogP contribution is -2.02. The van der Waals surface area contributed by atoms with Crippen LogP contribution in [-0.4, -0.2) is 9.97 Å². The summed E-state index contributed by atoms with van der Waals surface area (Å²) in [6.07, 6.45) is 0. The van der Waals surface area contributed by atoms with E-state index in [1.807, 2.05) is 11.4 Å². The molecule has 0 bridgehead atoms. The number of aromatic nitrogens is 2. The summed E-state index contributed by atoms with van der Waals surface area (Å²) in [6, 6.07) is 6.40. The van der Waals surface area contributed by atoms with Gasteiger partial charge < -0.3 is 4.74 Å². The van der Waals surface area contributed by atoms with Crippen molar-refractivity contribution in [2.45, 2.75) is 6.61 Å². The number of hydrogen-bond acceptors (Lipinski definition) is 4. The predicted octanol–water partition coefficient (Wildman–Crippen LogP) is 4.72. The minimum atomic E-state index is -0.600. The van der Waals surface area contributed by atoms with Gasteiger partial charge in [0.25, 0.3) is 0 Å². The van der Waals surface area contributed by atoms with E-state index in [0.717, 1.165) is 10.2 Å². The Morgan fingerprint density at radius 1 is 1.20 bits per heavy atom. The lowest BCUT2D eigenvalue weighted by atomic mass is 10.3. The quantitative estimate of drug-likeness (QED) is 0.653. The first kappa shape index (κ1) is 13.5. The largest absolute Gasteiger partial charge is 0.482 e. The summed E-state index contributed by atoms with van der Waals surface area (Å²) < 4.78 is 19.0. The highest BCUT2D eigenvalue weighted by atomic mass is 35.5. The fourth-order valence-electron chi connectivity index (χ4n) is 1.66. The second-order valence-electron chi connectivity index (χ2n) is 3.91. The first-order chi connectivity index (χ1) is 9.65. The topological polar surface area (TPSA) is 35.0 Å². The molecule has 0 amide bonds. The highest BCUT2D eigenvalue weighted by molar-refractivity contribution is 7.16. The molecule has 0 radical (unpaired) electrons. The molecule has 0 spiro atoms. The van der Waals surface area contributed by atoms with E-state index in [1.54, 1.807) is 6.07 Å². The summed E-state index contributed by atoms with van der Waals surface area (Å²) in [5.41, 5.74) is 0. The standard InChI is InChI=1S/C13H7Cl2FN2OS/c14-8-2-1-3-9(11(8)16)19-6-10-17-12(15)7-4-5-20-13(7)18-10/h1-5H,6H2. The van der Waals surface area contributed by atoms with E-state index < -0.39 is 5.82 Å². The zero-order valence-electron chi connectivity index (χ0n) is 9.94. The Bertz CT molecular complexity index is 778. The van der Waals surface area contributed by atoms with E-state index in [-0.39, 0.29) is 17.4 Å². The highest BCUT2D eigenvalue weighted by Crippen LogP contribution is 2.27. The maximum Gasteiger partial charge on any atom is 0.183 e. The molecule has 0 aliphatic heterocycles. The number of thiophene rings is 1. The number of rotatable bonds is 3. The Morgan fingerprint density at radius 2 is 2.05 bits per heavy atom. The first-order valence-corrected chi connectivity index (χ1v) is 7.25. The zero-order chi connectivity index (χ0) is 14.1. The van der Waals surface area contributed by atoms with Gasteiger partial charge in [-0.3, -0.25) is 0 Å². The maximum absolute atomic E-state index is 13.7. The van der Waals surface area contributed by atoms with E-state index in [0.29, 0.717) is 11.0 Å². The Morgan fingerprint density at radius 3 is 2.90 bits per heavy atom. The van der Waals surface area contributed by atoms with Crippen LogP contribution in [0.5, 0.6) is 5.75 Å². The fraction of sp³-hybridized carbons (Fsp3) is 0.0769. The third-order valence-electron chi connectivity index (χ3n) is 2.60. The van der Waals surface area contributed by atoms with Gasteiger partial charge in [-0.25, -0.2) is 14.4 Å². The van der Waals surface area contributed by atoms with Gasteiger partial charge in [-0.15, -0.1) is 11.3 Å². The molecule has 0 atom stereocenters. The van der Waals surface area contributed by atoms with Gasteiger partial charge in [0.2, 0.25) is 0 Å². The van der Waals surface area contributed by atoms with Crippen LogP contribution in [0.15, 0.2) is 29.6 Å². The SMILES string of the molecule is Fc1c(Cl)cccc1OCc1nc(Cl)c2ccsc2n1. The van der Waals surface area contributed by atoms with E-state index in [4.69, 9.17) is 27.9 Å². The van der Waals surface area contributed by atoms with E-state index in [9.17, 15) is 4.39 Å². The average molecular weight is 329 g/mol. The highest BCUT2D eigenvalue weighted by Gasteiger charge is 2.10. The van der Waals surface area contributed by atoms with Crippen LogP contribution in [0.3, 0.4) is 0 Å². The van der Waals surface area contributed by atoms with Gasteiger partial charge in [0.15, 0.2) is 17.4 Å². The minimum Gasteiger partial charge on any atom is -0.482 e. The minimum absolute atomic E-state index is 0.00941. The molecule has 3 nitrogen and oxygen atoms in total. The number of nitrogens with zero attached hydrogens (tertiary/aromatic N) is 2. The van der Waals surface area contributed by atoms with Crippen molar-refractivity contribution in [1.82, 2.24) is 9.97 Å². The van der Waals surface area contributed by atoms with Crippen molar-refractivity contribution in [3.63, 3.8) is 0 Å². The summed E-state index contributed by atoms with van der Waals surface area (Å²) in [5, 5.41) is 3.05. The van der Waals surface area contributed by atoms with Gasteiger partial charge in [-0.05, 0) is 23.6 Å². The van der Waals surface area contributed by atoms with Crippen LogP contribution in [0, 0.1) is 5.82 Å². The number of ether oxygens (including phenoxy) is 1. The smallest absolute Gasteiger partial charge is 0.183 e. The van der Waals surface area contributed by atoms with Crippen molar-refractivity contribution in [2.75, 3.05) is 0 Å². The molecule has 0 saturated carbocycles. The van der Waals surface area contributed by atoms with Crippen LogP contribution < -0.4 is 4.74 Å². The number of hydrogen-bond donors (Lipinski definition) is 0. The van der Waals surface area contributed by atoms with Gasteiger partial charge in [0.05, 0.1) is 5.02 Å². The van der Waals surface area contributed by atoms with Gasteiger partial charge in [-0.1, -0.05) is 29.3 Å². The van der Waals surface area contributed by atoms with Crippen molar-refractivity contribution in [3.8, 4) is 5.75 Å². The summed E-state index contributed by atoms with van der Waals surface area (Å²) in [7, 11) is 0. The molecule has 1 aromatic carbocycles. The zero-order valence-corrected chi connectivity index (χ0v) is 12.3. The van der Waals surface area contributed by atoms with Crippen molar-refractivity contribution >= 4 is 44.8 Å². The predicted molar refractivity (Wildman–Crippen MR) is 78.2 cm³/mol. The van der Waals surface area contributed by atoms with Crippen molar-refractivity contribution in [1.29, 1.82) is 0 Å². The number of benzene rings is 1. The molecule has 0 aliphatic rings. The Kier molecular flexibility index (Phi) is 3.74. The summed E-state index contributed by atoms with van der Waals surface area (Å²) in [5.74, 6) is -0.148. The van der Waals surface area contributed by atoms with E-state index >= 15 is 0 Å². The van der Waals surface area contributed by atoms with Crippen LogP contribution in [0.1, 0.15) is 5.82 Å². The molecule has 7 heteroatoms. The molecule has 0 unspecified atom stereocenters. The first-order valence-electron chi connectivity index (χ1n) is 5.61. The van der Waals surface area contributed by atoms with Crippen LogP contribution in [0.25, 0.3) is 10.2 Å². The molecule has 20 heavy (non-hydrogen) atoms. The molecule has 2 heterocycles. The van der Waals surface area contributed by atoms with Gasteiger partial charge >= 0.3 is 0 Å². The molecule has 0 fully saturated rings. The average Bonchev–Trinajstić information content (AvgIpc) is 2.89. The van der Waals surface area contributed by atoms with Gasteiger partial charge in [-0.2, -0.15) is 0 Å². The van der Waals surface area contributed by atoms with Gasteiger partial charge in [0.1, 0.15) is 16.6 Å². The normalized spacial score (nSPS) is 10.9. The molecule has 0 aliphatic carbocycles. The molecule has 0 N–H and O–H groups in total. The third-order valence-corrected chi connectivity index (χ3v) is 3.98. The summed E-state index contributed by atoms with van der Waals surface area (Å²) in [4.78, 5) is 9.20. The van der Waals surface area contributed by atoms with Crippen LogP contribution in [-0.2, 0) is 6.61 Å². The molecular weight excluding hydrogens is 322 g/mol. The van der Waals surface area contributed by atoms with E-state index in [2.05, 4.69) is 9.97 Å².